The molecular formula is C30H22N4O6. The number of fused-ring (bicyclic) bond motifs is 2. The van der Waals surface area contributed by atoms with Crippen LogP contribution in [0, 0.1) is 0 Å². The van der Waals surface area contributed by atoms with Gasteiger partial charge >= 0.3 is 6.03 Å². The lowest BCUT2D eigenvalue weighted by atomic mass is 10.1. The molecule has 3 aromatic rings. The average Bonchev–Trinajstić information content (AvgIpc) is 3.21. The van der Waals surface area contributed by atoms with Gasteiger partial charge in [-0.15, -0.1) is 0 Å². The molecule has 0 saturated carbocycles. The Bertz CT molecular complexity index is 1790. The number of imide groups is 1. The molecule has 3 aromatic carbocycles. The fourth-order valence-corrected chi connectivity index (χ4v) is 4.84. The van der Waals surface area contributed by atoms with Crippen LogP contribution in [0.3, 0.4) is 0 Å². The Morgan fingerprint density at radius 1 is 0.925 bits per heavy atom. The second-order valence-electron chi connectivity index (χ2n) is 9.21. The predicted octanol–water partition coefficient (Wildman–Crippen LogP) is 3.94. The number of hydrogen-bond donors (Lipinski definition) is 2. The van der Waals surface area contributed by atoms with Crippen LogP contribution in [-0.4, -0.2) is 45.9 Å². The summed E-state index contributed by atoms with van der Waals surface area (Å²) in [6.07, 6.45) is 0. The number of carbonyl (C=O) groups is 3. The van der Waals surface area contributed by atoms with E-state index in [9.17, 15) is 24.3 Å². The van der Waals surface area contributed by atoms with Crippen LogP contribution in [-0.2, 0) is 4.79 Å². The number of aromatic hydroxyl groups is 1. The van der Waals surface area contributed by atoms with Gasteiger partial charge in [0.2, 0.25) is 0 Å². The molecule has 1 fully saturated rings. The number of anilines is 1. The molecule has 10 heteroatoms. The molecule has 0 radical (unpaired) electrons. The third-order valence-electron chi connectivity index (χ3n) is 6.70. The van der Waals surface area contributed by atoms with E-state index in [-0.39, 0.29) is 41.2 Å². The molecule has 0 spiro atoms. The van der Waals surface area contributed by atoms with Crippen molar-refractivity contribution >= 4 is 34.6 Å². The zero-order valence-corrected chi connectivity index (χ0v) is 21.0. The third-order valence-corrected chi connectivity index (χ3v) is 6.70. The van der Waals surface area contributed by atoms with Gasteiger partial charge in [0.15, 0.2) is 16.8 Å². The Labute approximate surface area is 227 Å². The molecule has 1 atom stereocenters. The van der Waals surface area contributed by atoms with E-state index in [0.717, 1.165) is 4.90 Å². The van der Waals surface area contributed by atoms with Crippen LogP contribution in [0.5, 0.6) is 5.75 Å². The molecular weight excluding hydrogens is 512 g/mol. The first-order valence-corrected chi connectivity index (χ1v) is 12.5. The monoisotopic (exact) mass is 534 g/mol. The van der Waals surface area contributed by atoms with Gasteiger partial charge in [-0.1, -0.05) is 48.5 Å². The van der Waals surface area contributed by atoms with E-state index in [4.69, 9.17) is 4.42 Å². The van der Waals surface area contributed by atoms with Crippen molar-refractivity contribution in [2.24, 2.45) is 0 Å². The number of rotatable bonds is 6. The molecule has 4 amide bonds. The number of nitrogens with one attached hydrogen (secondary N) is 1. The molecule has 2 aliphatic heterocycles. The Balaban J connectivity index is 1.27. The first kappa shape index (κ1) is 24.8. The van der Waals surface area contributed by atoms with Crippen molar-refractivity contribution in [2.45, 2.75) is 6.04 Å². The molecule has 10 nitrogen and oxygen atoms in total. The summed E-state index contributed by atoms with van der Waals surface area (Å²) >= 11 is 0. The Kier molecular flexibility index (Phi) is 6.19. The molecule has 2 heterocycles. The van der Waals surface area contributed by atoms with E-state index in [1.54, 1.807) is 54.6 Å². The second-order valence-corrected chi connectivity index (χ2v) is 9.21. The summed E-state index contributed by atoms with van der Waals surface area (Å²) in [5.41, 5.74) is 1.41. The number of hydrogen-bond acceptors (Lipinski definition) is 7. The molecule has 1 aliphatic carbocycles. The largest absolute Gasteiger partial charge is 0.507 e. The van der Waals surface area contributed by atoms with Gasteiger partial charge in [-0.25, -0.2) is 14.7 Å². The van der Waals surface area contributed by atoms with Crippen molar-refractivity contribution in [1.82, 2.24) is 15.2 Å². The Morgan fingerprint density at radius 2 is 1.65 bits per heavy atom. The molecule has 6 rings (SSSR count). The van der Waals surface area contributed by atoms with E-state index in [1.807, 2.05) is 6.07 Å². The molecule has 1 saturated heterocycles. The third kappa shape index (κ3) is 4.31. The first-order chi connectivity index (χ1) is 19.4. The van der Waals surface area contributed by atoms with Crippen LogP contribution in [0.1, 0.15) is 22.0 Å². The van der Waals surface area contributed by atoms with Crippen molar-refractivity contribution < 1.29 is 23.9 Å². The smallest absolute Gasteiger partial charge is 0.332 e. The highest BCUT2D eigenvalue weighted by Crippen LogP contribution is 2.34. The lowest BCUT2D eigenvalue weighted by Crippen LogP contribution is -2.39. The van der Waals surface area contributed by atoms with Crippen LogP contribution in [0.15, 0.2) is 100 Å². The molecule has 40 heavy (non-hydrogen) atoms. The van der Waals surface area contributed by atoms with Crippen molar-refractivity contribution in [2.75, 3.05) is 18.0 Å². The average molecular weight is 535 g/mol. The predicted molar refractivity (Wildman–Crippen MR) is 146 cm³/mol. The van der Waals surface area contributed by atoms with Crippen LogP contribution >= 0.6 is 0 Å². The van der Waals surface area contributed by atoms with E-state index < -0.39 is 23.9 Å². The fraction of sp³-hybridized carbons (Fsp3) is 0.100. The van der Waals surface area contributed by atoms with Gasteiger partial charge in [0.25, 0.3) is 11.8 Å². The number of carbonyl (C=O) groups excluding carboxylic acids is 3. The second kappa shape index (κ2) is 9.99. The first-order valence-electron chi connectivity index (χ1n) is 12.5. The Hall–Kier alpha value is -5.51. The summed E-state index contributed by atoms with van der Waals surface area (Å²) < 4.78 is 5.81. The number of amides is 4. The quantitative estimate of drug-likeness (QED) is 0.249. The summed E-state index contributed by atoms with van der Waals surface area (Å²) in [5.74, 6) is -1.22. The number of para-hydroxylation sites is 1. The van der Waals surface area contributed by atoms with Crippen LogP contribution < -0.4 is 15.6 Å². The van der Waals surface area contributed by atoms with Crippen molar-refractivity contribution in [3.05, 3.63) is 112 Å². The van der Waals surface area contributed by atoms with Crippen LogP contribution in [0.4, 0.5) is 10.5 Å². The summed E-state index contributed by atoms with van der Waals surface area (Å²) in [7, 11) is 0. The van der Waals surface area contributed by atoms with E-state index in [0.29, 0.717) is 22.5 Å². The van der Waals surface area contributed by atoms with Gasteiger partial charge in [0, 0.05) is 19.2 Å². The number of phenols is 1. The van der Waals surface area contributed by atoms with Gasteiger partial charge in [-0.3, -0.25) is 14.4 Å². The number of aromatic nitrogens is 1. The molecule has 3 aliphatic rings. The van der Waals surface area contributed by atoms with Crippen LogP contribution in [0.25, 0.3) is 22.6 Å². The topological polar surface area (TPSA) is 133 Å². The molecule has 198 valence electrons. The minimum atomic E-state index is -0.872. The number of urea groups is 1. The summed E-state index contributed by atoms with van der Waals surface area (Å²) in [6, 6.07) is 23.2. The van der Waals surface area contributed by atoms with Gasteiger partial charge in [-0.2, -0.15) is 0 Å². The maximum Gasteiger partial charge on any atom is 0.332 e. The maximum atomic E-state index is 13.5. The van der Waals surface area contributed by atoms with Crippen molar-refractivity contribution in [3.8, 4) is 17.2 Å². The molecule has 2 N–H and O–H groups in total. The highest BCUT2D eigenvalue weighted by Gasteiger charge is 2.46. The summed E-state index contributed by atoms with van der Waals surface area (Å²) in [4.78, 5) is 58.9. The van der Waals surface area contributed by atoms with E-state index >= 15 is 0 Å². The minimum absolute atomic E-state index is 0.0143. The zero-order chi connectivity index (χ0) is 27.8. The minimum Gasteiger partial charge on any atom is -0.507 e. The normalized spacial score (nSPS) is 15.2. The fourth-order valence-electron chi connectivity index (χ4n) is 4.84. The number of nitrogens with zero attached hydrogens (tertiary/aromatic N) is 3. The summed E-state index contributed by atoms with van der Waals surface area (Å²) in [6.45, 7) is -0.00599. The number of benzene rings is 4. The molecule has 0 aromatic heterocycles. The highest BCUT2D eigenvalue weighted by molar-refractivity contribution is 6.21. The van der Waals surface area contributed by atoms with Gasteiger partial charge in [0.05, 0.1) is 5.69 Å². The standard InChI is InChI=1S/C30H22N4O6/c35-20-11-12-21-24(17-20)40-27-22(32-21)13-14-23(36)25(27)28(37)31-15-16-33-26(18-7-3-1-4-8-18)29(38)34(30(33)39)19-9-5-2-6-10-19/h1-14,17,26,36H,15-16H2,(H,31,37). The lowest BCUT2D eigenvalue weighted by Gasteiger charge is -2.22. The molecule has 1 unspecified atom stereocenters. The lowest BCUT2D eigenvalue weighted by molar-refractivity contribution is -0.119. The van der Waals surface area contributed by atoms with Gasteiger partial charge in [-0.05, 0) is 42.0 Å². The Morgan fingerprint density at radius 3 is 2.40 bits per heavy atom. The highest BCUT2D eigenvalue weighted by atomic mass is 16.3. The van der Waals surface area contributed by atoms with Gasteiger partial charge < -0.3 is 19.7 Å². The van der Waals surface area contributed by atoms with Crippen molar-refractivity contribution in [3.63, 3.8) is 0 Å². The van der Waals surface area contributed by atoms with Gasteiger partial charge in [0.1, 0.15) is 28.6 Å². The summed E-state index contributed by atoms with van der Waals surface area (Å²) in [5, 5.41) is 13.2. The van der Waals surface area contributed by atoms with E-state index in [1.165, 1.54) is 35.2 Å². The zero-order valence-electron chi connectivity index (χ0n) is 21.0. The maximum absolute atomic E-state index is 13.5. The molecule has 0 bridgehead atoms. The van der Waals surface area contributed by atoms with Crippen molar-refractivity contribution in [1.29, 1.82) is 0 Å². The SMILES string of the molecule is O=C(NCCN1C(=O)N(c2ccccc2)C(=O)C1c1ccccc1)c1c(O)ccc2nc3ccc(=O)cc-3oc12. The van der Waals surface area contributed by atoms with E-state index in [2.05, 4.69) is 10.3 Å². The number of phenolic OH excluding ortho intramolecular Hbond substituents is 1. The van der Waals surface area contributed by atoms with Crippen LogP contribution in [0.2, 0.25) is 0 Å².